The van der Waals surface area contributed by atoms with Crippen LogP contribution in [0.1, 0.15) is 5.69 Å². The van der Waals surface area contributed by atoms with Gasteiger partial charge in [-0.15, -0.1) is 0 Å². The van der Waals surface area contributed by atoms with Gasteiger partial charge in [-0.25, -0.2) is 4.68 Å². The Morgan fingerprint density at radius 3 is 1.88 bits per heavy atom. The third-order valence-corrected chi connectivity index (χ3v) is 4.11. The molecule has 0 aliphatic heterocycles. The summed E-state index contributed by atoms with van der Waals surface area (Å²) in [5, 5.41) is 4.63. The molecule has 6 heteroatoms. The van der Waals surface area contributed by atoms with Crippen LogP contribution in [0.5, 0.6) is 23.0 Å². The molecule has 6 nitrogen and oxygen atoms in total. The maximum absolute atomic E-state index is 5.47. The van der Waals surface area contributed by atoms with Crippen LogP contribution >= 0.6 is 0 Å². The van der Waals surface area contributed by atoms with Gasteiger partial charge in [0, 0.05) is 5.56 Å². The molecule has 3 rings (SSSR count). The van der Waals surface area contributed by atoms with Crippen molar-refractivity contribution in [3.8, 4) is 39.9 Å². The van der Waals surface area contributed by atoms with E-state index in [2.05, 4.69) is 5.10 Å². The highest BCUT2D eigenvalue weighted by Gasteiger charge is 2.17. The summed E-state index contributed by atoms with van der Waals surface area (Å²) in [4.78, 5) is 0. The highest BCUT2D eigenvalue weighted by molar-refractivity contribution is 5.70. The van der Waals surface area contributed by atoms with E-state index in [0.717, 1.165) is 28.4 Å². The topological polar surface area (TPSA) is 54.7 Å². The van der Waals surface area contributed by atoms with Gasteiger partial charge in [0.15, 0.2) is 11.5 Å². The minimum absolute atomic E-state index is 0.561. The lowest BCUT2D eigenvalue weighted by atomic mass is 10.1. The van der Waals surface area contributed by atoms with E-state index in [1.165, 1.54) is 0 Å². The van der Waals surface area contributed by atoms with Crippen LogP contribution < -0.4 is 18.9 Å². The van der Waals surface area contributed by atoms with E-state index in [0.29, 0.717) is 17.2 Å². The van der Waals surface area contributed by atoms with Gasteiger partial charge in [-0.2, -0.15) is 5.10 Å². The van der Waals surface area contributed by atoms with Gasteiger partial charge in [-0.05, 0) is 49.4 Å². The molecule has 0 spiro atoms. The lowest BCUT2D eigenvalue weighted by Crippen LogP contribution is -2.01. The van der Waals surface area contributed by atoms with Crippen LogP contribution in [0, 0.1) is 6.92 Å². The van der Waals surface area contributed by atoms with Crippen molar-refractivity contribution < 1.29 is 18.9 Å². The maximum Gasteiger partial charge on any atom is 0.203 e. The molecule has 0 radical (unpaired) electrons. The Hall–Kier alpha value is -3.15. The molecule has 0 saturated carbocycles. The van der Waals surface area contributed by atoms with Crippen LogP contribution in [0.3, 0.4) is 0 Å². The zero-order valence-corrected chi connectivity index (χ0v) is 15.6. The number of methoxy groups -OCH3 is 4. The summed E-state index contributed by atoms with van der Waals surface area (Å²) in [5.41, 5.74) is 3.68. The first-order chi connectivity index (χ1) is 12.6. The average Bonchev–Trinajstić information content (AvgIpc) is 3.08. The average molecular weight is 354 g/mol. The molecule has 1 aromatic heterocycles. The van der Waals surface area contributed by atoms with Crippen LogP contribution in [-0.2, 0) is 0 Å². The maximum atomic E-state index is 5.47. The van der Waals surface area contributed by atoms with Crippen molar-refractivity contribution >= 4 is 0 Å². The first-order valence-corrected chi connectivity index (χ1v) is 8.12. The van der Waals surface area contributed by atoms with Crippen molar-refractivity contribution in [3.63, 3.8) is 0 Å². The van der Waals surface area contributed by atoms with Gasteiger partial charge in [0.05, 0.1) is 45.5 Å². The molecule has 0 bridgehead atoms. The second-order valence-electron chi connectivity index (χ2n) is 5.69. The summed E-state index contributed by atoms with van der Waals surface area (Å²) in [5.74, 6) is 2.56. The molecule has 0 atom stereocenters. The van der Waals surface area contributed by atoms with Gasteiger partial charge in [0.2, 0.25) is 5.75 Å². The Bertz CT molecular complexity index is 876. The minimum Gasteiger partial charge on any atom is -0.497 e. The summed E-state index contributed by atoms with van der Waals surface area (Å²) >= 11 is 0. The summed E-state index contributed by atoms with van der Waals surface area (Å²) in [6, 6.07) is 13.6. The highest BCUT2D eigenvalue weighted by atomic mass is 16.5. The highest BCUT2D eigenvalue weighted by Crippen LogP contribution is 2.41. The van der Waals surface area contributed by atoms with E-state index < -0.39 is 0 Å². The number of ether oxygens (including phenoxy) is 4. The Morgan fingerprint density at radius 2 is 1.38 bits per heavy atom. The summed E-state index contributed by atoms with van der Waals surface area (Å²) < 4.78 is 23.5. The largest absolute Gasteiger partial charge is 0.497 e. The van der Waals surface area contributed by atoms with Crippen LogP contribution in [0.15, 0.2) is 42.5 Å². The van der Waals surface area contributed by atoms with Crippen LogP contribution in [0.4, 0.5) is 0 Å². The van der Waals surface area contributed by atoms with Crippen molar-refractivity contribution in [2.24, 2.45) is 0 Å². The normalized spacial score (nSPS) is 10.5. The van der Waals surface area contributed by atoms with E-state index in [9.17, 15) is 0 Å². The molecule has 136 valence electrons. The Balaban J connectivity index is 2.15. The molecule has 0 fully saturated rings. The van der Waals surface area contributed by atoms with Gasteiger partial charge in [-0.1, -0.05) is 0 Å². The summed E-state index contributed by atoms with van der Waals surface area (Å²) in [6.07, 6.45) is 0. The molecule has 0 N–H and O–H groups in total. The zero-order chi connectivity index (χ0) is 18.7. The fourth-order valence-electron chi connectivity index (χ4n) is 2.85. The number of aryl methyl sites for hydroxylation is 1. The summed E-state index contributed by atoms with van der Waals surface area (Å²) in [7, 11) is 6.44. The van der Waals surface area contributed by atoms with Crippen molar-refractivity contribution in [2.75, 3.05) is 28.4 Å². The predicted molar refractivity (Wildman–Crippen MR) is 99.9 cm³/mol. The molecule has 2 aromatic carbocycles. The molecule has 0 aliphatic rings. The first kappa shape index (κ1) is 17.7. The van der Waals surface area contributed by atoms with Crippen LogP contribution in [0.25, 0.3) is 16.9 Å². The predicted octanol–water partition coefficient (Wildman–Crippen LogP) is 3.88. The van der Waals surface area contributed by atoms with Gasteiger partial charge in [0.25, 0.3) is 0 Å². The van der Waals surface area contributed by atoms with E-state index in [-0.39, 0.29) is 0 Å². The minimum atomic E-state index is 0.561. The number of benzene rings is 2. The van der Waals surface area contributed by atoms with E-state index in [1.54, 1.807) is 28.4 Å². The molecule has 26 heavy (non-hydrogen) atoms. The quantitative estimate of drug-likeness (QED) is 0.672. The van der Waals surface area contributed by atoms with Gasteiger partial charge < -0.3 is 18.9 Å². The van der Waals surface area contributed by atoms with E-state index >= 15 is 0 Å². The van der Waals surface area contributed by atoms with E-state index in [4.69, 9.17) is 18.9 Å². The van der Waals surface area contributed by atoms with Crippen molar-refractivity contribution in [1.29, 1.82) is 0 Å². The Labute approximate surface area is 152 Å². The number of hydrogen-bond acceptors (Lipinski definition) is 5. The number of aromatic nitrogens is 2. The molecular weight excluding hydrogens is 332 g/mol. The second-order valence-corrected chi connectivity index (χ2v) is 5.69. The fraction of sp³-hybridized carbons (Fsp3) is 0.250. The van der Waals surface area contributed by atoms with Crippen molar-refractivity contribution in [3.05, 3.63) is 48.2 Å². The van der Waals surface area contributed by atoms with Crippen molar-refractivity contribution in [1.82, 2.24) is 9.78 Å². The van der Waals surface area contributed by atoms with Crippen LogP contribution in [-0.4, -0.2) is 38.2 Å². The number of rotatable bonds is 6. The lowest BCUT2D eigenvalue weighted by Gasteiger charge is -2.15. The zero-order valence-electron chi connectivity index (χ0n) is 15.6. The number of hydrogen-bond donors (Lipinski definition) is 0. The summed E-state index contributed by atoms with van der Waals surface area (Å²) in [6.45, 7) is 1.96. The smallest absolute Gasteiger partial charge is 0.203 e. The first-order valence-electron chi connectivity index (χ1n) is 8.12. The Kier molecular flexibility index (Phi) is 5.02. The third kappa shape index (κ3) is 3.18. The van der Waals surface area contributed by atoms with Gasteiger partial charge in [-0.3, -0.25) is 0 Å². The molecule has 0 unspecified atom stereocenters. The second kappa shape index (κ2) is 7.39. The monoisotopic (exact) mass is 354 g/mol. The van der Waals surface area contributed by atoms with Gasteiger partial charge >= 0.3 is 0 Å². The molecule has 1 heterocycles. The standard InChI is InChI=1S/C20H22N2O4/c1-13-10-17(22(21-13)15-6-8-16(23-2)9-7-15)14-11-18(24-3)20(26-5)19(12-14)25-4/h6-12H,1-5H3. The lowest BCUT2D eigenvalue weighted by molar-refractivity contribution is 0.324. The SMILES string of the molecule is COc1ccc(-n2nc(C)cc2-c2cc(OC)c(OC)c(OC)c2)cc1. The molecule has 0 saturated heterocycles. The Morgan fingerprint density at radius 1 is 0.769 bits per heavy atom. The van der Waals surface area contributed by atoms with Gasteiger partial charge in [0.1, 0.15) is 5.75 Å². The molecule has 0 amide bonds. The van der Waals surface area contributed by atoms with Crippen molar-refractivity contribution in [2.45, 2.75) is 6.92 Å². The van der Waals surface area contributed by atoms with Crippen LogP contribution in [0.2, 0.25) is 0 Å². The third-order valence-electron chi connectivity index (χ3n) is 4.11. The van der Waals surface area contributed by atoms with E-state index in [1.807, 2.05) is 54.1 Å². The number of nitrogens with zero attached hydrogens (tertiary/aromatic N) is 2. The fourth-order valence-corrected chi connectivity index (χ4v) is 2.85. The molecule has 3 aromatic rings. The molecule has 0 aliphatic carbocycles. The molecular formula is C20H22N2O4.